The van der Waals surface area contributed by atoms with Gasteiger partial charge in [-0.15, -0.1) is 5.10 Å². The van der Waals surface area contributed by atoms with Crippen LogP contribution in [0.1, 0.15) is 32.4 Å². The number of aromatic nitrogens is 6. The van der Waals surface area contributed by atoms with E-state index in [1.165, 1.54) is 0 Å². The Bertz CT molecular complexity index is 622. The molecule has 2 rings (SSSR count). The molecule has 10 heteroatoms. The molecule has 2 aromatic rings. The van der Waals surface area contributed by atoms with Gasteiger partial charge in [-0.1, -0.05) is 20.8 Å². The third kappa shape index (κ3) is 2.53. The number of carbonyl (C=O) groups excluding carboxylic acids is 1. The van der Waals surface area contributed by atoms with E-state index in [0.717, 1.165) is 12.7 Å². The van der Waals surface area contributed by atoms with Crippen molar-refractivity contribution < 1.29 is 18.0 Å². The highest BCUT2D eigenvalue weighted by molar-refractivity contribution is 5.77. The van der Waals surface area contributed by atoms with Gasteiger partial charge in [-0.05, 0) is 0 Å². The Morgan fingerprint density at radius 1 is 1.25 bits per heavy atom. The maximum atomic E-state index is 12.9. The van der Waals surface area contributed by atoms with Crippen molar-refractivity contribution >= 4 is 6.03 Å². The van der Waals surface area contributed by atoms with Gasteiger partial charge in [0, 0.05) is 5.41 Å². The van der Waals surface area contributed by atoms with Gasteiger partial charge < -0.3 is 0 Å². The predicted octanol–water partition coefficient (Wildman–Crippen LogP) is 1.70. The second-order valence-electron chi connectivity index (χ2n) is 5.04. The topological polar surface area (TPSA) is 78.5 Å². The number of hydrogen-bond donors (Lipinski definition) is 0. The lowest BCUT2D eigenvalue weighted by atomic mass is 9.96. The predicted molar refractivity (Wildman–Crippen MR) is 59.9 cm³/mol. The Morgan fingerprint density at radius 2 is 1.90 bits per heavy atom. The summed E-state index contributed by atoms with van der Waals surface area (Å²) >= 11 is 0. The molecule has 0 spiro atoms. The highest BCUT2D eigenvalue weighted by Crippen LogP contribution is 2.30. The van der Waals surface area contributed by atoms with E-state index >= 15 is 0 Å². The van der Waals surface area contributed by atoms with E-state index in [1.54, 1.807) is 20.8 Å². The summed E-state index contributed by atoms with van der Waals surface area (Å²) < 4.78 is 39.6. The van der Waals surface area contributed by atoms with Crippen molar-refractivity contribution in [3.8, 4) is 0 Å². The van der Waals surface area contributed by atoms with Crippen LogP contribution in [0.3, 0.4) is 0 Å². The average Bonchev–Trinajstić information content (AvgIpc) is 2.96. The van der Waals surface area contributed by atoms with Crippen LogP contribution in [0.15, 0.2) is 12.7 Å². The number of alkyl halides is 3. The molecule has 2 heterocycles. The van der Waals surface area contributed by atoms with Gasteiger partial charge in [0.1, 0.15) is 12.7 Å². The summed E-state index contributed by atoms with van der Waals surface area (Å²) in [6, 6.07) is -1.10. The summed E-state index contributed by atoms with van der Waals surface area (Å²) in [7, 11) is 0. The van der Waals surface area contributed by atoms with Crippen molar-refractivity contribution in [3.63, 3.8) is 0 Å². The molecule has 7 nitrogen and oxygen atoms in total. The standard InChI is InChI=1S/C10H11F3N6O/c1-9(2,3)6-16-7(10(11,12)13)19(17-6)8(20)18-5-14-4-15-18/h4-5H,1-3H3. The molecule has 0 aromatic carbocycles. The second kappa shape index (κ2) is 4.39. The highest BCUT2D eigenvalue weighted by atomic mass is 19.4. The van der Waals surface area contributed by atoms with Crippen LogP contribution in [0.5, 0.6) is 0 Å². The monoisotopic (exact) mass is 288 g/mol. The molecule has 0 saturated carbocycles. The van der Waals surface area contributed by atoms with Crippen molar-refractivity contribution in [2.75, 3.05) is 0 Å². The molecule has 0 amide bonds. The molecule has 0 atom stereocenters. The number of carbonyl (C=O) groups is 1. The van der Waals surface area contributed by atoms with Crippen LogP contribution in [0.4, 0.5) is 18.0 Å². The molecule has 2 aromatic heterocycles. The fourth-order valence-electron chi connectivity index (χ4n) is 1.35. The van der Waals surface area contributed by atoms with Crippen molar-refractivity contribution in [1.29, 1.82) is 0 Å². The van der Waals surface area contributed by atoms with E-state index in [1.807, 2.05) is 0 Å². The van der Waals surface area contributed by atoms with Gasteiger partial charge in [0.15, 0.2) is 5.82 Å². The Hall–Kier alpha value is -2.26. The molecule has 0 radical (unpaired) electrons. The van der Waals surface area contributed by atoms with Crippen molar-refractivity contribution in [2.24, 2.45) is 0 Å². The summed E-state index contributed by atoms with van der Waals surface area (Å²) in [5.74, 6) is -1.47. The van der Waals surface area contributed by atoms with E-state index in [0.29, 0.717) is 4.68 Å². The summed E-state index contributed by atoms with van der Waals surface area (Å²) in [6.07, 6.45) is -2.78. The number of nitrogens with zero attached hydrogens (tertiary/aromatic N) is 6. The third-order valence-electron chi connectivity index (χ3n) is 2.33. The first-order valence-corrected chi connectivity index (χ1v) is 5.55. The number of hydrogen-bond acceptors (Lipinski definition) is 5. The number of rotatable bonds is 0. The van der Waals surface area contributed by atoms with Crippen LogP contribution < -0.4 is 0 Å². The molecule has 0 bridgehead atoms. The number of halogens is 3. The fraction of sp³-hybridized carbons (Fsp3) is 0.500. The Kier molecular flexibility index (Phi) is 3.11. The molecular weight excluding hydrogens is 277 g/mol. The minimum atomic E-state index is -4.80. The lowest BCUT2D eigenvalue weighted by Gasteiger charge is -2.12. The van der Waals surface area contributed by atoms with Crippen LogP contribution in [0.25, 0.3) is 0 Å². The van der Waals surface area contributed by atoms with Gasteiger partial charge >= 0.3 is 12.2 Å². The van der Waals surface area contributed by atoms with E-state index in [-0.39, 0.29) is 10.5 Å². The van der Waals surface area contributed by atoms with Gasteiger partial charge in [0.25, 0.3) is 0 Å². The maximum Gasteiger partial charge on any atom is 0.451 e. The zero-order valence-corrected chi connectivity index (χ0v) is 10.9. The Morgan fingerprint density at radius 3 is 2.35 bits per heavy atom. The van der Waals surface area contributed by atoms with Crippen molar-refractivity contribution in [1.82, 2.24) is 29.5 Å². The van der Waals surface area contributed by atoms with Crippen LogP contribution in [0, 0.1) is 0 Å². The quantitative estimate of drug-likeness (QED) is 0.737. The SMILES string of the molecule is CC(C)(C)c1nc(C(F)(F)F)n(C(=O)n2cncn2)n1. The zero-order chi connectivity index (χ0) is 15.1. The van der Waals surface area contributed by atoms with Crippen LogP contribution >= 0.6 is 0 Å². The molecule has 0 N–H and O–H groups in total. The normalized spacial score (nSPS) is 12.7. The minimum absolute atomic E-state index is 0.0849. The van der Waals surface area contributed by atoms with Crippen LogP contribution in [-0.2, 0) is 11.6 Å². The molecule has 0 aliphatic carbocycles. The third-order valence-corrected chi connectivity index (χ3v) is 2.33. The smallest absolute Gasteiger partial charge is 0.243 e. The first kappa shape index (κ1) is 14.2. The molecule has 0 fully saturated rings. The lowest BCUT2D eigenvalue weighted by molar-refractivity contribution is -0.146. The van der Waals surface area contributed by atoms with Gasteiger partial charge in [-0.25, -0.2) is 14.8 Å². The Balaban J connectivity index is 2.57. The molecule has 20 heavy (non-hydrogen) atoms. The van der Waals surface area contributed by atoms with E-state index in [2.05, 4.69) is 20.2 Å². The minimum Gasteiger partial charge on any atom is -0.243 e. The Labute approximate surface area is 111 Å². The van der Waals surface area contributed by atoms with Gasteiger partial charge in [0.05, 0.1) is 0 Å². The summed E-state index contributed by atoms with van der Waals surface area (Å²) in [4.78, 5) is 18.9. The van der Waals surface area contributed by atoms with Gasteiger partial charge in [0.2, 0.25) is 5.82 Å². The average molecular weight is 288 g/mol. The highest BCUT2D eigenvalue weighted by Gasteiger charge is 2.41. The molecule has 0 aliphatic rings. The maximum absolute atomic E-state index is 12.9. The molecule has 0 aliphatic heterocycles. The van der Waals surface area contributed by atoms with E-state index < -0.39 is 23.4 Å². The summed E-state index contributed by atoms with van der Waals surface area (Å²) in [5, 5.41) is 7.14. The molecular formula is C10H11F3N6O. The largest absolute Gasteiger partial charge is 0.451 e. The summed E-state index contributed by atoms with van der Waals surface area (Å²) in [6.45, 7) is 4.94. The van der Waals surface area contributed by atoms with Crippen molar-refractivity contribution in [2.45, 2.75) is 32.4 Å². The lowest BCUT2D eigenvalue weighted by Crippen LogP contribution is -2.27. The summed E-state index contributed by atoms with van der Waals surface area (Å²) in [5.41, 5.74) is -0.728. The molecule has 0 unspecified atom stereocenters. The van der Waals surface area contributed by atoms with Crippen LogP contribution in [-0.4, -0.2) is 35.6 Å². The second-order valence-corrected chi connectivity index (χ2v) is 5.04. The van der Waals surface area contributed by atoms with Gasteiger partial charge in [-0.3, -0.25) is 0 Å². The zero-order valence-electron chi connectivity index (χ0n) is 10.9. The van der Waals surface area contributed by atoms with Crippen LogP contribution in [0.2, 0.25) is 0 Å². The first-order chi connectivity index (χ1) is 9.10. The molecule has 0 saturated heterocycles. The molecule has 108 valence electrons. The van der Waals surface area contributed by atoms with Gasteiger partial charge in [-0.2, -0.15) is 27.6 Å². The first-order valence-electron chi connectivity index (χ1n) is 5.55. The fourth-order valence-corrected chi connectivity index (χ4v) is 1.35. The van der Waals surface area contributed by atoms with E-state index in [9.17, 15) is 18.0 Å². The van der Waals surface area contributed by atoms with E-state index in [4.69, 9.17) is 0 Å². The van der Waals surface area contributed by atoms with Crippen molar-refractivity contribution in [3.05, 3.63) is 24.3 Å².